The zero-order chi connectivity index (χ0) is 15.6. The molecule has 7 nitrogen and oxygen atoms in total. The van der Waals surface area contributed by atoms with Crippen LogP contribution >= 0.6 is 0 Å². The van der Waals surface area contributed by atoms with Gasteiger partial charge in [-0.05, 0) is 24.1 Å². The van der Waals surface area contributed by atoms with Crippen molar-refractivity contribution in [2.24, 2.45) is 5.73 Å². The third kappa shape index (κ3) is 3.38. The summed E-state index contributed by atoms with van der Waals surface area (Å²) in [6.07, 6.45) is 0.193. The average molecular weight is 291 g/mol. The first-order valence-electron chi connectivity index (χ1n) is 6.50. The quantitative estimate of drug-likeness (QED) is 0.721. The second-order valence-corrected chi connectivity index (χ2v) is 5.02. The Morgan fingerprint density at radius 2 is 1.95 bits per heavy atom. The molecule has 112 valence electrons. The number of nitrogens with two attached hydrogens (primary N) is 1. The van der Waals surface area contributed by atoms with Gasteiger partial charge in [0.1, 0.15) is 6.04 Å². The lowest BCUT2D eigenvalue weighted by molar-refractivity contribution is -0.143. The van der Waals surface area contributed by atoms with E-state index in [-0.39, 0.29) is 31.3 Å². The Balaban J connectivity index is 2.16. The summed E-state index contributed by atoms with van der Waals surface area (Å²) in [5.41, 5.74) is 6.97. The van der Waals surface area contributed by atoms with Crippen LogP contribution in [0.15, 0.2) is 24.3 Å². The van der Waals surface area contributed by atoms with Crippen LogP contribution < -0.4 is 10.6 Å². The minimum Gasteiger partial charge on any atom is -0.480 e. The van der Waals surface area contributed by atoms with Crippen LogP contribution in [0.3, 0.4) is 0 Å². The van der Waals surface area contributed by atoms with Gasteiger partial charge in [0.05, 0.1) is 13.1 Å². The maximum absolute atomic E-state index is 11.7. The first-order chi connectivity index (χ1) is 9.88. The molecule has 7 heteroatoms. The van der Waals surface area contributed by atoms with Crippen molar-refractivity contribution in [3.63, 3.8) is 0 Å². The average Bonchev–Trinajstić information content (AvgIpc) is 2.44. The summed E-state index contributed by atoms with van der Waals surface area (Å²) in [6, 6.07) is 6.09. The van der Waals surface area contributed by atoms with Crippen molar-refractivity contribution in [3.8, 4) is 0 Å². The number of piperazine rings is 1. The molecule has 1 saturated heterocycles. The largest absolute Gasteiger partial charge is 0.480 e. The molecule has 3 N–H and O–H groups in total. The number of amides is 2. The summed E-state index contributed by atoms with van der Waals surface area (Å²) in [5, 5.41) is 8.83. The molecule has 0 spiro atoms. The Morgan fingerprint density at radius 1 is 1.33 bits per heavy atom. The summed E-state index contributed by atoms with van der Waals surface area (Å²) >= 11 is 0. The predicted molar refractivity (Wildman–Crippen MR) is 75.7 cm³/mol. The maximum Gasteiger partial charge on any atom is 0.320 e. The molecule has 1 atom stereocenters. The smallest absolute Gasteiger partial charge is 0.320 e. The van der Waals surface area contributed by atoms with Gasteiger partial charge in [-0.3, -0.25) is 19.3 Å². The van der Waals surface area contributed by atoms with E-state index in [9.17, 15) is 14.4 Å². The number of hydrogen-bond donors (Lipinski definition) is 2. The van der Waals surface area contributed by atoms with E-state index < -0.39 is 12.0 Å². The number of rotatable bonds is 4. The fraction of sp³-hybridized carbons (Fsp3) is 0.357. The highest BCUT2D eigenvalue weighted by Gasteiger charge is 2.28. The van der Waals surface area contributed by atoms with Crippen LogP contribution in [0.5, 0.6) is 0 Å². The first-order valence-corrected chi connectivity index (χ1v) is 6.50. The van der Waals surface area contributed by atoms with Crippen molar-refractivity contribution in [1.82, 2.24) is 4.90 Å². The van der Waals surface area contributed by atoms with E-state index >= 15 is 0 Å². The van der Waals surface area contributed by atoms with Crippen LogP contribution in [0.1, 0.15) is 5.56 Å². The zero-order valence-electron chi connectivity index (χ0n) is 11.7. The molecule has 2 rings (SSSR count). The van der Waals surface area contributed by atoms with Gasteiger partial charge in [0, 0.05) is 12.7 Å². The highest BCUT2D eigenvalue weighted by Crippen LogP contribution is 2.19. The molecule has 2 amide bonds. The van der Waals surface area contributed by atoms with Gasteiger partial charge < -0.3 is 15.7 Å². The number of carboxylic acids is 1. The molecule has 1 heterocycles. The molecule has 1 fully saturated rings. The number of likely N-dealkylation sites (N-methyl/N-ethyl adjacent to an activating group) is 1. The van der Waals surface area contributed by atoms with Gasteiger partial charge in [-0.25, -0.2) is 0 Å². The zero-order valence-corrected chi connectivity index (χ0v) is 11.7. The Labute approximate surface area is 121 Å². The fourth-order valence-electron chi connectivity index (χ4n) is 2.14. The monoisotopic (exact) mass is 291 g/mol. The number of hydrogen-bond acceptors (Lipinski definition) is 5. The van der Waals surface area contributed by atoms with E-state index in [1.54, 1.807) is 29.2 Å². The third-order valence-electron chi connectivity index (χ3n) is 3.45. The lowest BCUT2D eigenvalue weighted by atomic mass is 10.1. The minimum atomic E-state index is -1.06. The van der Waals surface area contributed by atoms with Crippen molar-refractivity contribution in [2.75, 3.05) is 25.0 Å². The van der Waals surface area contributed by atoms with Gasteiger partial charge in [-0.15, -0.1) is 0 Å². The van der Waals surface area contributed by atoms with Crippen LogP contribution in [-0.4, -0.2) is 54.0 Å². The van der Waals surface area contributed by atoms with E-state index in [1.807, 2.05) is 0 Å². The lowest BCUT2D eigenvalue weighted by Gasteiger charge is -2.32. The standard InChI is InChI=1S/C14H17N3O4/c1-16-12(18)7-17(8-13(16)19)10-4-2-3-9(5-10)6-11(15)14(20)21/h2-5,11H,6-8,15H2,1H3,(H,20,21). The summed E-state index contributed by atoms with van der Waals surface area (Å²) in [5.74, 6) is -1.59. The minimum absolute atomic E-state index is 0.122. The third-order valence-corrected chi connectivity index (χ3v) is 3.45. The predicted octanol–water partition coefficient (Wildman–Crippen LogP) is -0.554. The van der Waals surface area contributed by atoms with E-state index in [1.165, 1.54) is 7.05 Å². The number of imide groups is 1. The number of benzene rings is 1. The van der Waals surface area contributed by atoms with Crippen LogP contribution in [0, 0.1) is 0 Å². The van der Waals surface area contributed by atoms with Crippen LogP contribution in [0.4, 0.5) is 5.69 Å². The van der Waals surface area contributed by atoms with Gasteiger partial charge in [-0.1, -0.05) is 12.1 Å². The van der Waals surface area contributed by atoms with Gasteiger partial charge in [0.2, 0.25) is 11.8 Å². The molecule has 0 aliphatic carbocycles. The molecule has 21 heavy (non-hydrogen) atoms. The fourth-order valence-corrected chi connectivity index (χ4v) is 2.14. The SMILES string of the molecule is CN1C(=O)CN(c2cccc(CC(N)C(=O)O)c2)CC1=O. The van der Waals surface area contributed by atoms with Gasteiger partial charge >= 0.3 is 5.97 Å². The highest BCUT2D eigenvalue weighted by molar-refractivity contribution is 6.02. The van der Waals surface area contributed by atoms with Crippen molar-refractivity contribution in [2.45, 2.75) is 12.5 Å². The van der Waals surface area contributed by atoms with E-state index in [0.717, 1.165) is 10.5 Å². The summed E-state index contributed by atoms with van der Waals surface area (Å²) in [7, 11) is 1.46. The molecule has 1 aliphatic heterocycles. The number of carboxylic acid groups (broad SMARTS) is 1. The van der Waals surface area contributed by atoms with Gasteiger partial charge in [0.25, 0.3) is 0 Å². The second kappa shape index (κ2) is 5.92. The molecule has 0 bridgehead atoms. The molecule has 1 aromatic carbocycles. The normalized spacial score (nSPS) is 17.0. The van der Waals surface area contributed by atoms with Crippen molar-refractivity contribution >= 4 is 23.5 Å². The van der Waals surface area contributed by atoms with Gasteiger partial charge in [0.15, 0.2) is 0 Å². The number of carbonyl (C=O) groups excluding carboxylic acids is 2. The number of nitrogens with zero attached hydrogens (tertiary/aromatic N) is 2. The van der Waals surface area contributed by atoms with Crippen LogP contribution in [0.2, 0.25) is 0 Å². The molecule has 1 aromatic rings. The molecule has 0 radical (unpaired) electrons. The molecular formula is C14H17N3O4. The Hall–Kier alpha value is -2.41. The van der Waals surface area contributed by atoms with Crippen LogP contribution in [0.25, 0.3) is 0 Å². The van der Waals surface area contributed by atoms with E-state index in [4.69, 9.17) is 10.8 Å². The summed E-state index contributed by atoms with van der Waals surface area (Å²) < 4.78 is 0. The molecule has 1 aliphatic rings. The van der Waals surface area contributed by atoms with Crippen LogP contribution in [-0.2, 0) is 20.8 Å². The molecule has 0 aromatic heterocycles. The number of aliphatic carboxylic acids is 1. The Bertz CT molecular complexity index is 569. The van der Waals surface area contributed by atoms with Crippen molar-refractivity contribution in [1.29, 1.82) is 0 Å². The van der Waals surface area contributed by atoms with E-state index in [2.05, 4.69) is 0 Å². The highest BCUT2D eigenvalue weighted by atomic mass is 16.4. The molecular weight excluding hydrogens is 274 g/mol. The first kappa shape index (κ1) is 15.0. The Morgan fingerprint density at radius 3 is 2.52 bits per heavy atom. The Kier molecular flexibility index (Phi) is 4.23. The van der Waals surface area contributed by atoms with Crippen molar-refractivity contribution in [3.05, 3.63) is 29.8 Å². The molecule has 0 saturated carbocycles. The summed E-state index contributed by atoms with van der Waals surface area (Å²) in [4.78, 5) is 37.0. The topological polar surface area (TPSA) is 104 Å². The second-order valence-electron chi connectivity index (χ2n) is 5.02. The number of anilines is 1. The molecule has 1 unspecified atom stereocenters. The number of carbonyl (C=O) groups is 3. The maximum atomic E-state index is 11.7. The summed E-state index contributed by atoms with van der Waals surface area (Å²) in [6.45, 7) is 0.243. The lowest BCUT2D eigenvalue weighted by Crippen LogP contribution is -2.52. The van der Waals surface area contributed by atoms with Gasteiger partial charge in [-0.2, -0.15) is 0 Å². The van der Waals surface area contributed by atoms with E-state index in [0.29, 0.717) is 5.69 Å². The van der Waals surface area contributed by atoms with Crippen molar-refractivity contribution < 1.29 is 19.5 Å².